The van der Waals surface area contributed by atoms with Gasteiger partial charge >= 0.3 is 0 Å². The van der Waals surface area contributed by atoms with E-state index in [4.69, 9.17) is 0 Å². The van der Waals surface area contributed by atoms with Gasteiger partial charge in [0.25, 0.3) is 10.0 Å². The molecule has 0 saturated heterocycles. The first-order valence-corrected chi connectivity index (χ1v) is 7.22. The number of hydrogen-bond donors (Lipinski definition) is 2. The fraction of sp³-hybridized carbons (Fsp3) is 0.0909. The SMILES string of the molecule is Cc1cccc(NS(=O)(=O)c2cccs2)c1O. The summed E-state index contributed by atoms with van der Waals surface area (Å²) in [6.45, 7) is 1.71. The van der Waals surface area contributed by atoms with Crippen molar-refractivity contribution in [1.29, 1.82) is 0 Å². The van der Waals surface area contributed by atoms with Crippen molar-refractivity contribution in [2.24, 2.45) is 0 Å². The number of sulfonamides is 1. The van der Waals surface area contributed by atoms with Gasteiger partial charge < -0.3 is 5.11 Å². The van der Waals surface area contributed by atoms with Crippen molar-refractivity contribution in [1.82, 2.24) is 0 Å². The van der Waals surface area contributed by atoms with E-state index >= 15 is 0 Å². The molecule has 0 radical (unpaired) electrons. The van der Waals surface area contributed by atoms with Gasteiger partial charge in [-0.25, -0.2) is 8.42 Å². The van der Waals surface area contributed by atoms with Gasteiger partial charge in [0.1, 0.15) is 9.96 Å². The largest absolute Gasteiger partial charge is 0.505 e. The molecule has 1 heterocycles. The third kappa shape index (κ3) is 2.42. The van der Waals surface area contributed by atoms with Crippen molar-refractivity contribution in [2.45, 2.75) is 11.1 Å². The highest BCUT2D eigenvalue weighted by atomic mass is 32.2. The molecule has 17 heavy (non-hydrogen) atoms. The summed E-state index contributed by atoms with van der Waals surface area (Å²) >= 11 is 1.13. The first kappa shape index (κ1) is 11.9. The summed E-state index contributed by atoms with van der Waals surface area (Å²) in [5.74, 6) is -0.0485. The topological polar surface area (TPSA) is 66.4 Å². The molecule has 0 amide bonds. The Morgan fingerprint density at radius 2 is 2.00 bits per heavy atom. The Hall–Kier alpha value is -1.53. The lowest BCUT2D eigenvalue weighted by atomic mass is 10.2. The zero-order valence-corrected chi connectivity index (χ0v) is 10.7. The maximum atomic E-state index is 11.9. The summed E-state index contributed by atoms with van der Waals surface area (Å²) in [6.07, 6.45) is 0. The summed E-state index contributed by atoms with van der Waals surface area (Å²) < 4.78 is 26.4. The first-order valence-electron chi connectivity index (χ1n) is 4.85. The minimum Gasteiger partial charge on any atom is -0.505 e. The highest BCUT2D eigenvalue weighted by molar-refractivity contribution is 7.94. The van der Waals surface area contributed by atoms with Gasteiger partial charge in [-0.3, -0.25) is 4.72 Å². The van der Waals surface area contributed by atoms with Crippen molar-refractivity contribution in [3.8, 4) is 5.75 Å². The van der Waals surface area contributed by atoms with Crippen molar-refractivity contribution < 1.29 is 13.5 Å². The van der Waals surface area contributed by atoms with Gasteiger partial charge in [0.15, 0.2) is 0 Å². The third-order valence-corrected chi connectivity index (χ3v) is 5.00. The maximum absolute atomic E-state index is 11.9. The molecule has 2 N–H and O–H groups in total. The summed E-state index contributed by atoms with van der Waals surface area (Å²) in [5, 5.41) is 11.4. The van der Waals surface area contributed by atoms with Crippen LogP contribution in [0.2, 0.25) is 0 Å². The summed E-state index contributed by atoms with van der Waals surface area (Å²) in [6, 6.07) is 8.09. The molecule has 0 aliphatic carbocycles. The Morgan fingerprint density at radius 1 is 1.24 bits per heavy atom. The van der Waals surface area contributed by atoms with Crippen LogP contribution in [0.15, 0.2) is 39.9 Å². The molecule has 2 rings (SSSR count). The molecule has 4 nitrogen and oxygen atoms in total. The molecule has 0 aliphatic heterocycles. The van der Waals surface area contributed by atoms with Crippen LogP contribution in [0, 0.1) is 6.92 Å². The van der Waals surface area contributed by atoms with E-state index in [0.717, 1.165) is 11.3 Å². The standard InChI is InChI=1S/C11H11NO3S2/c1-8-4-2-5-9(11(8)13)12-17(14,15)10-6-3-7-16-10/h2-7,12-13H,1H3. The molecular weight excluding hydrogens is 258 g/mol. The van der Waals surface area contributed by atoms with Gasteiger partial charge in [-0.1, -0.05) is 18.2 Å². The van der Waals surface area contributed by atoms with Gasteiger partial charge in [0.05, 0.1) is 5.69 Å². The van der Waals surface area contributed by atoms with Crippen LogP contribution in [-0.4, -0.2) is 13.5 Å². The average Bonchev–Trinajstić information content (AvgIpc) is 2.78. The monoisotopic (exact) mass is 269 g/mol. The van der Waals surface area contributed by atoms with E-state index in [0.29, 0.717) is 5.56 Å². The van der Waals surface area contributed by atoms with E-state index < -0.39 is 10.0 Å². The second kappa shape index (κ2) is 4.38. The van der Waals surface area contributed by atoms with Crippen molar-refractivity contribution in [2.75, 3.05) is 4.72 Å². The van der Waals surface area contributed by atoms with E-state index in [-0.39, 0.29) is 15.6 Å². The Kier molecular flexibility index (Phi) is 3.08. The predicted octanol–water partition coefficient (Wildman–Crippen LogP) is 2.56. The zero-order chi connectivity index (χ0) is 12.5. The van der Waals surface area contributed by atoms with E-state index in [1.54, 1.807) is 30.5 Å². The van der Waals surface area contributed by atoms with Gasteiger partial charge in [0, 0.05) is 0 Å². The molecule has 0 fully saturated rings. The number of rotatable bonds is 3. The van der Waals surface area contributed by atoms with Gasteiger partial charge in [-0.15, -0.1) is 11.3 Å². The van der Waals surface area contributed by atoms with Crippen LogP contribution in [-0.2, 0) is 10.0 Å². The number of nitrogens with one attached hydrogen (secondary N) is 1. The Morgan fingerprint density at radius 3 is 2.65 bits per heavy atom. The molecular formula is C11H11NO3S2. The first-order chi connectivity index (χ1) is 8.00. The van der Waals surface area contributed by atoms with Crippen LogP contribution in [0.1, 0.15) is 5.56 Å². The second-order valence-electron chi connectivity index (χ2n) is 3.51. The van der Waals surface area contributed by atoms with E-state index in [1.807, 2.05) is 0 Å². The highest BCUT2D eigenvalue weighted by Crippen LogP contribution is 2.29. The Bertz CT molecular complexity index is 618. The quantitative estimate of drug-likeness (QED) is 0.842. The number of phenolic OH excluding ortho intramolecular Hbond substituents is 1. The van der Waals surface area contributed by atoms with Crippen molar-refractivity contribution in [3.63, 3.8) is 0 Å². The molecule has 0 spiro atoms. The van der Waals surface area contributed by atoms with Gasteiger partial charge in [0.2, 0.25) is 0 Å². The third-order valence-electron chi connectivity index (χ3n) is 2.24. The molecule has 0 atom stereocenters. The number of aryl methyl sites for hydroxylation is 1. The summed E-state index contributed by atoms with van der Waals surface area (Å²) in [5.41, 5.74) is 0.815. The lowest BCUT2D eigenvalue weighted by Crippen LogP contribution is -2.11. The fourth-order valence-electron chi connectivity index (χ4n) is 1.35. The number of anilines is 1. The minimum atomic E-state index is -3.60. The molecule has 0 bridgehead atoms. The number of phenols is 1. The van der Waals surface area contributed by atoms with Gasteiger partial charge in [-0.2, -0.15) is 0 Å². The Labute approximate surface area is 104 Å². The van der Waals surface area contributed by atoms with Gasteiger partial charge in [-0.05, 0) is 30.0 Å². The van der Waals surface area contributed by atoms with E-state index in [1.165, 1.54) is 12.1 Å². The normalized spacial score (nSPS) is 11.4. The smallest absolute Gasteiger partial charge is 0.271 e. The second-order valence-corrected chi connectivity index (χ2v) is 6.37. The van der Waals surface area contributed by atoms with Crippen molar-refractivity contribution >= 4 is 27.0 Å². The maximum Gasteiger partial charge on any atom is 0.271 e. The molecule has 90 valence electrons. The Balaban J connectivity index is 2.37. The van der Waals surface area contributed by atoms with Crippen LogP contribution in [0.4, 0.5) is 5.69 Å². The lowest BCUT2D eigenvalue weighted by molar-refractivity contribution is 0.473. The van der Waals surface area contributed by atoms with Crippen LogP contribution >= 0.6 is 11.3 Å². The summed E-state index contributed by atoms with van der Waals surface area (Å²) in [4.78, 5) is 0. The number of benzene rings is 1. The molecule has 1 aromatic carbocycles. The van der Waals surface area contributed by atoms with Crippen LogP contribution < -0.4 is 4.72 Å². The number of hydrogen-bond acceptors (Lipinski definition) is 4. The molecule has 2 aromatic rings. The lowest BCUT2D eigenvalue weighted by Gasteiger charge is -2.09. The summed E-state index contributed by atoms with van der Waals surface area (Å²) in [7, 11) is -3.60. The van der Waals surface area contributed by atoms with E-state index in [2.05, 4.69) is 4.72 Å². The minimum absolute atomic E-state index is 0.0485. The molecule has 0 aliphatic rings. The average molecular weight is 269 g/mol. The van der Waals surface area contributed by atoms with E-state index in [9.17, 15) is 13.5 Å². The number of aromatic hydroxyl groups is 1. The fourth-order valence-corrected chi connectivity index (χ4v) is 3.41. The highest BCUT2D eigenvalue weighted by Gasteiger charge is 2.17. The van der Waals surface area contributed by atoms with Crippen LogP contribution in [0.25, 0.3) is 0 Å². The van der Waals surface area contributed by atoms with Crippen LogP contribution in [0.5, 0.6) is 5.75 Å². The molecule has 0 unspecified atom stereocenters. The number of para-hydroxylation sites is 1. The number of thiophene rings is 1. The molecule has 6 heteroatoms. The molecule has 1 aromatic heterocycles. The van der Waals surface area contributed by atoms with Crippen LogP contribution in [0.3, 0.4) is 0 Å². The zero-order valence-electron chi connectivity index (χ0n) is 9.04. The van der Waals surface area contributed by atoms with Crippen molar-refractivity contribution in [3.05, 3.63) is 41.3 Å². The predicted molar refractivity (Wildman–Crippen MR) is 68.0 cm³/mol. The molecule has 0 saturated carbocycles.